The number of amides is 1. The van der Waals surface area contributed by atoms with Crippen LogP contribution in [-0.4, -0.2) is 42.4 Å². The van der Waals surface area contributed by atoms with Gasteiger partial charge >= 0.3 is 0 Å². The summed E-state index contributed by atoms with van der Waals surface area (Å²) in [6, 6.07) is 22.5. The number of nitrogens with zero attached hydrogens (tertiary/aromatic N) is 5. The maximum Gasteiger partial charge on any atom is 0.233 e. The molecule has 1 atom stereocenters. The van der Waals surface area contributed by atoms with Crippen LogP contribution in [0, 0.1) is 12.8 Å². The van der Waals surface area contributed by atoms with Crippen molar-refractivity contribution in [2.24, 2.45) is 5.92 Å². The van der Waals surface area contributed by atoms with Gasteiger partial charge in [-0.25, -0.2) is 0 Å². The number of para-hydroxylation sites is 1. The molecular formula is C28H29N5OS. The van der Waals surface area contributed by atoms with E-state index in [2.05, 4.69) is 53.3 Å². The molecule has 0 radical (unpaired) electrons. The molecule has 2 heterocycles. The van der Waals surface area contributed by atoms with E-state index >= 15 is 0 Å². The van der Waals surface area contributed by atoms with Crippen LogP contribution in [0.25, 0.3) is 17.1 Å². The monoisotopic (exact) mass is 483 g/mol. The van der Waals surface area contributed by atoms with Crippen molar-refractivity contribution in [3.63, 3.8) is 0 Å². The maximum atomic E-state index is 13.5. The van der Waals surface area contributed by atoms with Crippen molar-refractivity contribution in [1.29, 1.82) is 0 Å². The number of hydrogen-bond acceptors (Lipinski definition) is 5. The highest BCUT2D eigenvalue weighted by molar-refractivity contribution is 7.99. The van der Waals surface area contributed by atoms with Gasteiger partial charge in [0.05, 0.1) is 11.4 Å². The van der Waals surface area contributed by atoms with Gasteiger partial charge in [0.2, 0.25) is 5.91 Å². The van der Waals surface area contributed by atoms with Crippen molar-refractivity contribution >= 4 is 17.7 Å². The van der Waals surface area contributed by atoms with E-state index in [-0.39, 0.29) is 11.9 Å². The van der Waals surface area contributed by atoms with Crippen LogP contribution in [0.4, 0.5) is 0 Å². The minimum atomic E-state index is 0.125. The zero-order valence-electron chi connectivity index (χ0n) is 20.0. The SMILES string of the molecule is Cc1ccccc1-n1c(SCC(=O)N(Cc2ccccc2)C(C)C2CC2)nnc1-c1cccnc1. The second-order valence-corrected chi connectivity index (χ2v) is 9.99. The van der Waals surface area contributed by atoms with E-state index in [0.717, 1.165) is 28.2 Å². The molecule has 0 N–H and O–H groups in total. The van der Waals surface area contributed by atoms with Gasteiger partial charge in [-0.2, -0.15) is 0 Å². The van der Waals surface area contributed by atoms with Gasteiger partial charge in [0.25, 0.3) is 0 Å². The van der Waals surface area contributed by atoms with Crippen LogP contribution >= 0.6 is 11.8 Å². The van der Waals surface area contributed by atoms with Gasteiger partial charge in [-0.05, 0) is 61.9 Å². The fourth-order valence-electron chi connectivity index (χ4n) is 4.36. The molecule has 0 saturated heterocycles. The maximum absolute atomic E-state index is 13.5. The molecule has 2 aromatic heterocycles. The Morgan fingerprint density at radius 1 is 1.06 bits per heavy atom. The van der Waals surface area contributed by atoms with Crippen LogP contribution in [0.3, 0.4) is 0 Å². The van der Waals surface area contributed by atoms with Crippen molar-refractivity contribution in [3.05, 3.63) is 90.3 Å². The molecule has 0 spiro atoms. The standard InChI is InChI=1S/C28H29N5OS/c1-20-9-6-7-13-25(20)33-27(24-12-8-16-29-17-24)30-31-28(33)35-19-26(34)32(21(2)23-14-15-23)18-22-10-4-3-5-11-22/h3-13,16-17,21,23H,14-15,18-19H2,1-2H3. The highest BCUT2D eigenvalue weighted by Gasteiger charge is 2.34. The van der Waals surface area contributed by atoms with E-state index in [1.807, 2.05) is 51.9 Å². The van der Waals surface area contributed by atoms with Crippen LogP contribution in [-0.2, 0) is 11.3 Å². The second-order valence-electron chi connectivity index (χ2n) is 9.04. The third kappa shape index (κ3) is 5.30. The summed E-state index contributed by atoms with van der Waals surface area (Å²) in [5, 5.41) is 9.69. The first-order chi connectivity index (χ1) is 17.1. The van der Waals surface area contributed by atoms with Crippen LogP contribution in [0.15, 0.2) is 84.3 Å². The van der Waals surface area contributed by atoms with E-state index in [1.165, 1.54) is 24.6 Å². The summed E-state index contributed by atoms with van der Waals surface area (Å²) >= 11 is 1.44. The number of hydrogen-bond donors (Lipinski definition) is 0. The predicted molar refractivity (Wildman–Crippen MR) is 139 cm³/mol. The normalized spacial score (nSPS) is 14.0. The molecule has 0 bridgehead atoms. The third-order valence-corrected chi connectivity index (χ3v) is 7.46. The molecule has 2 aromatic carbocycles. The first-order valence-electron chi connectivity index (χ1n) is 12.0. The van der Waals surface area contributed by atoms with Crippen LogP contribution in [0.1, 0.15) is 30.9 Å². The Morgan fingerprint density at radius 3 is 2.54 bits per heavy atom. The largest absolute Gasteiger partial charge is 0.335 e. The second kappa shape index (κ2) is 10.4. The Morgan fingerprint density at radius 2 is 1.83 bits per heavy atom. The molecule has 4 aromatic rings. The fraction of sp³-hybridized carbons (Fsp3) is 0.286. The fourth-order valence-corrected chi connectivity index (χ4v) is 5.19. The Balaban J connectivity index is 1.42. The predicted octanol–water partition coefficient (Wildman–Crippen LogP) is 5.56. The van der Waals surface area contributed by atoms with Gasteiger partial charge in [0.15, 0.2) is 11.0 Å². The Hall–Kier alpha value is -3.45. The van der Waals surface area contributed by atoms with Gasteiger partial charge in [-0.1, -0.05) is 60.3 Å². The average Bonchev–Trinajstić information content (AvgIpc) is 3.66. The summed E-state index contributed by atoms with van der Waals surface area (Å²) in [4.78, 5) is 19.8. The summed E-state index contributed by atoms with van der Waals surface area (Å²) in [7, 11) is 0. The lowest BCUT2D eigenvalue weighted by atomic mass is 10.1. The number of carbonyl (C=O) groups excluding carboxylic acids is 1. The summed E-state index contributed by atoms with van der Waals surface area (Å²) in [5.74, 6) is 1.75. The zero-order valence-corrected chi connectivity index (χ0v) is 20.9. The molecule has 6 nitrogen and oxygen atoms in total. The molecule has 5 rings (SSSR count). The van der Waals surface area contributed by atoms with E-state index in [4.69, 9.17) is 0 Å². The molecule has 0 aliphatic heterocycles. The van der Waals surface area contributed by atoms with E-state index in [1.54, 1.807) is 12.4 Å². The smallest absolute Gasteiger partial charge is 0.233 e. The first kappa shape index (κ1) is 23.3. The highest BCUT2D eigenvalue weighted by atomic mass is 32.2. The first-order valence-corrected chi connectivity index (χ1v) is 13.0. The molecule has 7 heteroatoms. The van der Waals surface area contributed by atoms with Gasteiger partial charge in [0, 0.05) is 30.5 Å². The number of thioether (sulfide) groups is 1. The molecular weight excluding hydrogens is 454 g/mol. The zero-order chi connectivity index (χ0) is 24.2. The van der Waals surface area contributed by atoms with Crippen LogP contribution in [0.2, 0.25) is 0 Å². The highest BCUT2D eigenvalue weighted by Crippen LogP contribution is 2.36. The molecule has 1 aliphatic carbocycles. The van der Waals surface area contributed by atoms with Crippen molar-refractivity contribution in [1.82, 2.24) is 24.6 Å². The number of benzene rings is 2. The molecule has 1 amide bonds. The number of rotatable bonds is 9. The van der Waals surface area contributed by atoms with E-state index in [0.29, 0.717) is 23.4 Å². The number of pyridine rings is 1. The van der Waals surface area contributed by atoms with Crippen molar-refractivity contribution in [2.75, 3.05) is 5.75 Å². The summed E-state index contributed by atoms with van der Waals surface area (Å²) in [6.07, 6.45) is 5.93. The summed E-state index contributed by atoms with van der Waals surface area (Å²) < 4.78 is 2.04. The van der Waals surface area contributed by atoms with Gasteiger partial charge in [-0.15, -0.1) is 10.2 Å². The quantitative estimate of drug-likeness (QED) is 0.292. The molecule has 35 heavy (non-hydrogen) atoms. The van der Waals surface area contributed by atoms with E-state index < -0.39 is 0 Å². The van der Waals surface area contributed by atoms with Crippen molar-refractivity contribution in [2.45, 2.75) is 44.4 Å². The Kier molecular flexibility index (Phi) is 6.95. The summed E-state index contributed by atoms with van der Waals surface area (Å²) in [6.45, 7) is 4.88. The molecule has 1 unspecified atom stereocenters. The third-order valence-electron chi connectivity index (χ3n) is 6.55. The molecule has 1 aliphatic rings. The Labute approximate surface area is 210 Å². The van der Waals surface area contributed by atoms with Crippen molar-refractivity contribution < 1.29 is 4.79 Å². The van der Waals surface area contributed by atoms with Crippen LogP contribution < -0.4 is 0 Å². The lowest BCUT2D eigenvalue weighted by Crippen LogP contribution is -2.40. The van der Waals surface area contributed by atoms with Crippen LogP contribution in [0.5, 0.6) is 0 Å². The van der Waals surface area contributed by atoms with Gasteiger partial charge in [0.1, 0.15) is 0 Å². The minimum Gasteiger partial charge on any atom is -0.335 e. The molecule has 1 fully saturated rings. The van der Waals surface area contributed by atoms with Crippen molar-refractivity contribution in [3.8, 4) is 17.1 Å². The Bertz CT molecular complexity index is 1290. The number of aromatic nitrogens is 4. The minimum absolute atomic E-state index is 0.125. The molecule has 1 saturated carbocycles. The van der Waals surface area contributed by atoms with Gasteiger partial charge in [-0.3, -0.25) is 14.3 Å². The van der Waals surface area contributed by atoms with Gasteiger partial charge < -0.3 is 4.90 Å². The lowest BCUT2D eigenvalue weighted by Gasteiger charge is -2.29. The lowest BCUT2D eigenvalue weighted by molar-refractivity contribution is -0.131. The number of aryl methyl sites for hydroxylation is 1. The molecule has 178 valence electrons. The summed E-state index contributed by atoms with van der Waals surface area (Å²) in [5.41, 5.74) is 4.15. The van der Waals surface area contributed by atoms with E-state index in [9.17, 15) is 4.79 Å². The number of carbonyl (C=O) groups is 1. The average molecular weight is 484 g/mol. The topological polar surface area (TPSA) is 63.9 Å².